The van der Waals surface area contributed by atoms with Crippen LogP contribution in [0.2, 0.25) is 10.0 Å². The molecular formula is C21H13Cl2FN4. The standard InChI is InChI=1S/C21H13Cl2FN4/c22-14-10-9-13(17(23)11-14)12-25-28-21-16-6-2-4-8-19(16)26-20(27-21)15-5-1-3-7-18(15)24/h1-12H,(H,26,27,28)/b25-12-. The van der Waals surface area contributed by atoms with Crippen molar-refractivity contribution in [3.05, 3.63) is 88.2 Å². The van der Waals surface area contributed by atoms with Gasteiger partial charge in [-0.3, -0.25) is 5.43 Å². The van der Waals surface area contributed by atoms with Crippen LogP contribution in [-0.2, 0) is 0 Å². The number of anilines is 1. The van der Waals surface area contributed by atoms with E-state index in [1.54, 1.807) is 42.6 Å². The molecule has 1 N–H and O–H groups in total. The monoisotopic (exact) mass is 410 g/mol. The highest BCUT2D eigenvalue weighted by atomic mass is 35.5. The molecule has 0 radical (unpaired) electrons. The second-order valence-corrected chi connectivity index (χ2v) is 6.77. The van der Waals surface area contributed by atoms with E-state index < -0.39 is 0 Å². The summed E-state index contributed by atoms with van der Waals surface area (Å²) in [7, 11) is 0. The second kappa shape index (κ2) is 7.92. The highest BCUT2D eigenvalue weighted by molar-refractivity contribution is 6.36. The van der Waals surface area contributed by atoms with Crippen molar-refractivity contribution in [2.24, 2.45) is 5.10 Å². The topological polar surface area (TPSA) is 50.2 Å². The van der Waals surface area contributed by atoms with E-state index in [4.69, 9.17) is 23.2 Å². The summed E-state index contributed by atoms with van der Waals surface area (Å²) >= 11 is 12.1. The lowest BCUT2D eigenvalue weighted by atomic mass is 10.1. The molecule has 0 bridgehead atoms. The molecule has 0 saturated carbocycles. The van der Waals surface area contributed by atoms with Gasteiger partial charge in [-0.2, -0.15) is 5.10 Å². The fourth-order valence-corrected chi connectivity index (χ4v) is 3.15. The Balaban J connectivity index is 1.73. The summed E-state index contributed by atoms with van der Waals surface area (Å²) in [4.78, 5) is 8.95. The number of hydrogen-bond acceptors (Lipinski definition) is 4. The number of nitrogens with zero attached hydrogens (tertiary/aromatic N) is 3. The Labute approximate surface area is 170 Å². The predicted molar refractivity (Wildman–Crippen MR) is 113 cm³/mol. The van der Waals surface area contributed by atoms with Gasteiger partial charge < -0.3 is 0 Å². The van der Waals surface area contributed by atoms with Crippen LogP contribution >= 0.6 is 23.2 Å². The molecule has 0 spiro atoms. The molecule has 0 amide bonds. The molecule has 1 aromatic heterocycles. The zero-order valence-electron chi connectivity index (χ0n) is 14.4. The Bertz CT molecular complexity index is 1190. The highest BCUT2D eigenvalue weighted by Gasteiger charge is 2.12. The van der Waals surface area contributed by atoms with Gasteiger partial charge in [-0.25, -0.2) is 14.4 Å². The van der Waals surface area contributed by atoms with Gasteiger partial charge in [-0.1, -0.05) is 53.5 Å². The summed E-state index contributed by atoms with van der Waals surface area (Å²) in [5, 5.41) is 6.02. The number of hydrazone groups is 1. The number of aromatic nitrogens is 2. The average Bonchev–Trinajstić information content (AvgIpc) is 2.70. The largest absolute Gasteiger partial charge is 0.261 e. The summed E-state index contributed by atoms with van der Waals surface area (Å²) in [6.07, 6.45) is 1.57. The number of fused-ring (bicyclic) bond motifs is 1. The Morgan fingerprint density at radius 3 is 2.54 bits per heavy atom. The van der Waals surface area contributed by atoms with Crippen LogP contribution in [0.15, 0.2) is 71.8 Å². The van der Waals surface area contributed by atoms with Crippen LogP contribution in [0.4, 0.5) is 10.2 Å². The van der Waals surface area contributed by atoms with Crippen molar-refractivity contribution < 1.29 is 4.39 Å². The maximum absolute atomic E-state index is 14.2. The number of hydrogen-bond donors (Lipinski definition) is 1. The fourth-order valence-electron chi connectivity index (χ4n) is 2.69. The van der Waals surface area contributed by atoms with Crippen LogP contribution in [0.25, 0.3) is 22.3 Å². The zero-order valence-corrected chi connectivity index (χ0v) is 15.9. The molecule has 0 aliphatic carbocycles. The van der Waals surface area contributed by atoms with Crippen LogP contribution < -0.4 is 5.43 Å². The molecule has 7 heteroatoms. The smallest absolute Gasteiger partial charge is 0.165 e. The number of benzene rings is 3. The first-order chi connectivity index (χ1) is 13.6. The highest BCUT2D eigenvalue weighted by Crippen LogP contribution is 2.26. The van der Waals surface area contributed by atoms with E-state index in [0.717, 1.165) is 5.39 Å². The Morgan fingerprint density at radius 1 is 0.929 bits per heavy atom. The molecule has 28 heavy (non-hydrogen) atoms. The van der Waals surface area contributed by atoms with Crippen LogP contribution in [0.5, 0.6) is 0 Å². The Morgan fingerprint density at radius 2 is 1.71 bits per heavy atom. The molecule has 0 unspecified atom stereocenters. The maximum Gasteiger partial charge on any atom is 0.165 e. The fraction of sp³-hybridized carbons (Fsp3) is 0. The molecule has 4 rings (SSSR count). The van der Waals surface area contributed by atoms with Crippen LogP contribution in [-0.4, -0.2) is 16.2 Å². The van der Waals surface area contributed by atoms with Crippen molar-refractivity contribution in [1.29, 1.82) is 0 Å². The van der Waals surface area contributed by atoms with Crippen molar-refractivity contribution in [3.8, 4) is 11.4 Å². The third kappa shape index (κ3) is 3.81. The predicted octanol–water partition coefficient (Wildman–Crippen LogP) is 6.19. The normalized spacial score (nSPS) is 11.2. The molecule has 0 aliphatic rings. The zero-order chi connectivity index (χ0) is 19.5. The summed E-state index contributed by atoms with van der Waals surface area (Å²) in [6.45, 7) is 0. The molecule has 3 aromatic carbocycles. The van der Waals surface area contributed by atoms with Crippen LogP contribution in [0, 0.1) is 5.82 Å². The van der Waals surface area contributed by atoms with Crippen molar-refractivity contribution in [2.45, 2.75) is 0 Å². The average molecular weight is 411 g/mol. The minimum atomic E-state index is -0.389. The SMILES string of the molecule is Fc1ccccc1-c1nc(N/N=C\c2ccc(Cl)cc2Cl)c2ccccc2n1. The Kier molecular flexibility index (Phi) is 5.19. The van der Waals surface area contributed by atoms with Gasteiger partial charge in [0.1, 0.15) is 5.82 Å². The van der Waals surface area contributed by atoms with Crippen molar-refractivity contribution in [1.82, 2.24) is 9.97 Å². The van der Waals surface area contributed by atoms with Crippen molar-refractivity contribution >= 4 is 46.1 Å². The lowest BCUT2D eigenvalue weighted by Crippen LogP contribution is -2.00. The summed E-state index contributed by atoms with van der Waals surface area (Å²) in [6, 6.07) is 19.0. The minimum absolute atomic E-state index is 0.277. The van der Waals surface area contributed by atoms with Gasteiger partial charge in [0, 0.05) is 16.0 Å². The lowest BCUT2D eigenvalue weighted by Gasteiger charge is -2.09. The number of para-hydroxylation sites is 1. The molecule has 0 atom stereocenters. The first kappa shape index (κ1) is 18.3. The van der Waals surface area contributed by atoms with E-state index in [-0.39, 0.29) is 11.6 Å². The van der Waals surface area contributed by atoms with Crippen molar-refractivity contribution in [3.63, 3.8) is 0 Å². The van der Waals surface area contributed by atoms with Gasteiger partial charge in [0.05, 0.1) is 22.3 Å². The molecular weight excluding hydrogens is 398 g/mol. The molecule has 4 nitrogen and oxygen atoms in total. The lowest BCUT2D eigenvalue weighted by molar-refractivity contribution is 0.630. The molecule has 1 heterocycles. The van der Waals surface area contributed by atoms with E-state index in [9.17, 15) is 4.39 Å². The van der Waals surface area contributed by atoms with E-state index in [1.807, 2.05) is 24.3 Å². The third-order valence-electron chi connectivity index (χ3n) is 4.05. The first-order valence-electron chi connectivity index (χ1n) is 8.37. The number of halogens is 3. The van der Waals surface area contributed by atoms with Crippen molar-refractivity contribution in [2.75, 3.05) is 5.43 Å². The third-order valence-corrected chi connectivity index (χ3v) is 4.62. The minimum Gasteiger partial charge on any atom is -0.261 e. The first-order valence-corrected chi connectivity index (χ1v) is 9.13. The summed E-state index contributed by atoms with van der Waals surface area (Å²) < 4.78 is 14.2. The maximum atomic E-state index is 14.2. The molecule has 138 valence electrons. The molecule has 0 saturated heterocycles. The molecule has 0 fully saturated rings. The van der Waals surface area contributed by atoms with Gasteiger partial charge in [0.15, 0.2) is 11.6 Å². The van der Waals surface area contributed by atoms with Gasteiger partial charge in [0.2, 0.25) is 0 Å². The second-order valence-electron chi connectivity index (χ2n) is 5.93. The van der Waals surface area contributed by atoms with Crippen LogP contribution in [0.1, 0.15) is 5.56 Å². The van der Waals surface area contributed by atoms with Gasteiger partial charge >= 0.3 is 0 Å². The van der Waals surface area contributed by atoms with E-state index in [1.165, 1.54) is 6.07 Å². The van der Waals surface area contributed by atoms with Gasteiger partial charge in [-0.15, -0.1) is 0 Å². The summed E-state index contributed by atoms with van der Waals surface area (Å²) in [5.74, 6) is 0.351. The van der Waals surface area contributed by atoms with Crippen LogP contribution in [0.3, 0.4) is 0 Å². The number of nitrogens with one attached hydrogen (secondary N) is 1. The summed E-state index contributed by atoms with van der Waals surface area (Å²) in [5.41, 5.74) is 4.61. The molecule has 4 aromatic rings. The van der Waals surface area contributed by atoms with Gasteiger partial charge in [-0.05, 0) is 36.4 Å². The quantitative estimate of drug-likeness (QED) is 0.322. The van der Waals surface area contributed by atoms with Gasteiger partial charge in [0.25, 0.3) is 0 Å². The molecule has 0 aliphatic heterocycles. The Hall–Kier alpha value is -3.02. The van der Waals surface area contributed by atoms with E-state index in [2.05, 4.69) is 20.5 Å². The number of rotatable bonds is 4. The van der Waals surface area contributed by atoms with E-state index in [0.29, 0.717) is 32.5 Å². The van der Waals surface area contributed by atoms with E-state index >= 15 is 0 Å².